The van der Waals surface area contributed by atoms with E-state index >= 15 is 0 Å². The minimum atomic E-state index is -0.138. The van der Waals surface area contributed by atoms with Gasteiger partial charge in [0, 0.05) is 38.3 Å². The van der Waals surface area contributed by atoms with Gasteiger partial charge in [-0.05, 0) is 37.8 Å². The van der Waals surface area contributed by atoms with Crippen LogP contribution in [-0.2, 0) is 0 Å². The van der Waals surface area contributed by atoms with Crippen LogP contribution in [0.25, 0.3) is 0 Å². The van der Waals surface area contributed by atoms with Gasteiger partial charge in [-0.15, -0.1) is 0 Å². The Morgan fingerprint density at radius 2 is 1.22 bits per heavy atom. The summed E-state index contributed by atoms with van der Waals surface area (Å²) in [7, 11) is 0. The molecule has 0 N–H and O–H groups in total. The zero-order valence-corrected chi connectivity index (χ0v) is 15.3. The van der Waals surface area contributed by atoms with Crippen LogP contribution in [0, 0.1) is 0 Å². The van der Waals surface area contributed by atoms with Crippen LogP contribution in [0.1, 0.15) is 46.7 Å². The molecule has 1 aromatic heterocycles. The van der Waals surface area contributed by atoms with Crippen molar-refractivity contribution < 1.29 is 14.3 Å². The van der Waals surface area contributed by atoms with Crippen LogP contribution in [0.5, 0.6) is 11.5 Å². The van der Waals surface area contributed by atoms with Crippen molar-refractivity contribution in [3.63, 3.8) is 0 Å². The predicted molar refractivity (Wildman–Crippen MR) is 101 cm³/mol. The maximum atomic E-state index is 12.8. The molecule has 2 amide bonds. The van der Waals surface area contributed by atoms with Crippen molar-refractivity contribution in [1.29, 1.82) is 0 Å². The van der Waals surface area contributed by atoms with E-state index in [1.165, 1.54) is 0 Å². The van der Waals surface area contributed by atoms with Crippen LogP contribution in [0.15, 0.2) is 42.5 Å². The van der Waals surface area contributed by atoms with Gasteiger partial charge in [0.15, 0.2) is 0 Å². The minimum Gasteiger partial charge on any atom is -0.457 e. The van der Waals surface area contributed by atoms with Gasteiger partial charge in [0.05, 0.1) is 0 Å². The lowest BCUT2D eigenvalue weighted by molar-refractivity contribution is 0.0779. The van der Waals surface area contributed by atoms with Crippen LogP contribution in [-0.4, -0.2) is 52.8 Å². The summed E-state index contributed by atoms with van der Waals surface area (Å²) in [5.74, 6) is 0.840. The average molecular weight is 365 g/mol. The van der Waals surface area contributed by atoms with Crippen molar-refractivity contribution in [2.24, 2.45) is 0 Å². The number of carbonyl (C=O) groups excluding carboxylic acids is 2. The fraction of sp³-hybridized carbons (Fsp3) is 0.381. The zero-order chi connectivity index (χ0) is 18.6. The Morgan fingerprint density at radius 1 is 0.741 bits per heavy atom. The Hall–Kier alpha value is -2.89. The summed E-state index contributed by atoms with van der Waals surface area (Å²) in [5, 5.41) is 0. The summed E-state index contributed by atoms with van der Waals surface area (Å²) < 4.78 is 5.90. The van der Waals surface area contributed by atoms with Gasteiger partial charge < -0.3 is 14.5 Å². The van der Waals surface area contributed by atoms with E-state index in [2.05, 4.69) is 4.98 Å². The average Bonchev–Trinajstić information content (AvgIpc) is 3.41. The third kappa shape index (κ3) is 3.94. The topological polar surface area (TPSA) is 62.7 Å². The maximum absolute atomic E-state index is 12.8. The van der Waals surface area contributed by atoms with Gasteiger partial charge in [0.1, 0.15) is 22.9 Å². The number of ether oxygens (including phenoxy) is 1. The molecule has 6 heteroatoms. The summed E-state index contributed by atoms with van der Waals surface area (Å²) in [6.07, 6.45) is 4.02. The Bertz CT molecular complexity index is 780. The Kier molecular flexibility index (Phi) is 5.05. The van der Waals surface area contributed by atoms with Crippen LogP contribution >= 0.6 is 0 Å². The van der Waals surface area contributed by atoms with E-state index in [0.29, 0.717) is 11.5 Å². The number of hydrogen-bond donors (Lipinski definition) is 0. The number of amides is 2. The fourth-order valence-electron chi connectivity index (χ4n) is 3.57. The van der Waals surface area contributed by atoms with Crippen molar-refractivity contribution in [3.8, 4) is 11.5 Å². The normalized spacial score (nSPS) is 16.6. The number of para-hydroxylation sites is 1. The van der Waals surface area contributed by atoms with Crippen molar-refractivity contribution in [2.45, 2.75) is 25.7 Å². The van der Waals surface area contributed by atoms with E-state index in [1.54, 1.807) is 21.9 Å². The number of likely N-dealkylation sites (tertiary alicyclic amines) is 2. The highest BCUT2D eigenvalue weighted by atomic mass is 16.5. The second kappa shape index (κ2) is 7.78. The number of benzene rings is 1. The lowest BCUT2D eigenvalue weighted by Gasteiger charge is -2.18. The molecule has 0 unspecified atom stereocenters. The lowest BCUT2D eigenvalue weighted by atomic mass is 10.2. The maximum Gasteiger partial charge on any atom is 0.272 e. The first-order valence-electron chi connectivity index (χ1n) is 9.54. The molecule has 0 aliphatic carbocycles. The molecule has 0 bridgehead atoms. The smallest absolute Gasteiger partial charge is 0.272 e. The molecule has 1 aromatic carbocycles. The minimum absolute atomic E-state index is 0.138. The Morgan fingerprint density at radius 3 is 1.70 bits per heavy atom. The standard InChI is InChI=1S/C21H23N3O3/c25-20(23-10-4-5-11-23)18-14-17(27-16-8-2-1-3-9-16)15-19(22-18)21(26)24-12-6-7-13-24/h1-3,8-9,14-15H,4-7,10-13H2. The predicted octanol–water partition coefficient (Wildman–Crippen LogP) is 3.35. The highest BCUT2D eigenvalue weighted by molar-refractivity contribution is 5.97. The highest BCUT2D eigenvalue weighted by Crippen LogP contribution is 2.25. The summed E-state index contributed by atoms with van der Waals surface area (Å²) in [6.45, 7) is 2.94. The summed E-state index contributed by atoms with van der Waals surface area (Å²) in [6, 6.07) is 12.6. The fourth-order valence-corrected chi connectivity index (χ4v) is 3.57. The van der Waals surface area contributed by atoms with Crippen LogP contribution in [0.4, 0.5) is 0 Å². The highest BCUT2D eigenvalue weighted by Gasteiger charge is 2.26. The second-order valence-electron chi connectivity index (χ2n) is 6.99. The van der Waals surface area contributed by atoms with Crippen molar-refractivity contribution in [2.75, 3.05) is 26.2 Å². The van der Waals surface area contributed by atoms with E-state index in [1.807, 2.05) is 30.3 Å². The van der Waals surface area contributed by atoms with Crippen molar-refractivity contribution in [1.82, 2.24) is 14.8 Å². The molecule has 27 heavy (non-hydrogen) atoms. The molecule has 2 aliphatic rings. The van der Waals surface area contributed by atoms with Gasteiger partial charge in [-0.2, -0.15) is 0 Å². The largest absolute Gasteiger partial charge is 0.457 e. The first kappa shape index (κ1) is 17.5. The molecule has 0 spiro atoms. The van der Waals surface area contributed by atoms with E-state index < -0.39 is 0 Å². The molecule has 0 atom stereocenters. The molecule has 140 valence electrons. The van der Waals surface area contributed by atoms with E-state index in [0.717, 1.165) is 51.9 Å². The monoisotopic (exact) mass is 365 g/mol. The molecular weight excluding hydrogens is 342 g/mol. The molecule has 6 nitrogen and oxygen atoms in total. The molecule has 2 fully saturated rings. The second-order valence-corrected chi connectivity index (χ2v) is 6.99. The van der Waals surface area contributed by atoms with Gasteiger partial charge in [0.25, 0.3) is 11.8 Å². The molecule has 2 saturated heterocycles. The van der Waals surface area contributed by atoms with Gasteiger partial charge >= 0.3 is 0 Å². The summed E-state index contributed by atoms with van der Waals surface area (Å²) in [5.41, 5.74) is 0.542. The van der Waals surface area contributed by atoms with Gasteiger partial charge in [0.2, 0.25) is 0 Å². The zero-order valence-electron chi connectivity index (χ0n) is 15.3. The Balaban J connectivity index is 1.66. The van der Waals surface area contributed by atoms with E-state index in [4.69, 9.17) is 4.74 Å². The molecule has 2 aromatic rings. The number of rotatable bonds is 4. The number of hydrogen-bond acceptors (Lipinski definition) is 4. The van der Waals surface area contributed by atoms with Crippen LogP contribution in [0.3, 0.4) is 0 Å². The number of nitrogens with zero attached hydrogens (tertiary/aromatic N) is 3. The van der Waals surface area contributed by atoms with Gasteiger partial charge in [-0.3, -0.25) is 9.59 Å². The first-order chi connectivity index (χ1) is 13.2. The van der Waals surface area contributed by atoms with Crippen molar-refractivity contribution >= 4 is 11.8 Å². The van der Waals surface area contributed by atoms with Crippen LogP contribution in [0.2, 0.25) is 0 Å². The first-order valence-corrected chi connectivity index (χ1v) is 9.54. The van der Waals surface area contributed by atoms with E-state index in [9.17, 15) is 9.59 Å². The van der Waals surface area contributed by atoms with Gasteiger partial charge in [-0.25, -0.2) is 4.98 Å². The SMILES string of the molecule is O=C(c1cc(Oc2ccccc2)cc(C(=O)N2CCCC2)n1)N1CCCC1. The Labute approximate surface area is 158 Å². The summed E-state index contributed by atoms with van der Waals surface area (Å²) in [4.78, 5) is 33.6. The van der Waals surface area contributed by atoms with Crippen LogP contribution < -0.4 is 4.74 Å². The lowest BCUT2D eigenvalue weighted by Crippen LogP contribution is -2.31. The quantitative estimate of drug-likeness (QED) is 0.834. The molecule has 3 heterocycles. The van der Waals surface area contributed by atoms with Crippen molar-refractivity contribution in [3.05, 3.63) is 53.9 Å². The summed E-state index contributed by atoms with van der Waals surface area (Å²) >= 11 is 0. The third-order valence-corrected chi connectivity index (χ3v) is 5.00. The van der Waals surface area contributed by atoms with Gasteiger partial charge in [-0.1, -0.05) is 18.2 Å². The molecule has 4 rings (SSSR count). The number of pyridine rings is 1. The molecule has 0 saturated carbocycles. The number of aromatic nitrogens is 1. The number of carbonyl (C=O) groups is 2. The molecule has 2 aliphatic heterocycles. The third-order valence-electron chi connectivity index (χ3n) is 5.00. The molecule has 0 radical (unpaired) electrons. The van der Waals surface area contributed by atoms with E-state index in [-0.39, 0.29) is 23.2 Å². The molecular formula is C21H23N3O3.